The van der Waals surface area contributed by atoms with Crippen LogP contribution in [0.2, 0.25) is 0 Å². The van der Waals surface area contributed by atoms with Crippen LogP contribution < -0.4 is 16.4 Å². The molecular formula is C12H26N4O2. The van der Waals surface area contributed by atoms with Gasteiger partial charge in [0.25, 0.3) is 0 Å². The van der Waals surface area contributed by atoms with Gasteiger partial charge < -0.3 is 21.3 Å². The zero-order valence-corrected chi connectivity index (χ0v) is 11.7. The molecule has 0 aliphatic rings. The highest BCUT2D eigenvalue weighted by Gasteiger charge is 2.04. The molecule has 0 heterocycles. The summed E-state index contributed by atoms with van der Waals surface area (Å²) >= 11 is 0. The Morgan fingerprint density at radius 1 is 1.17 bits per heavy atom. The summed E-state index contributed by atoms with van der Waals surface area (Å²) in [6, 6.07) is 0.547. The molecule has 0 saturated heterocycles. The van der Waals surface area contributed by atoms with Crippen molar-refractivity contribution in [3.05, 3.63) is 0 Å². The Bertz CT molecular complexity index is 256. The standard InChI is InChI=1S/C12H26N4O2/c1-10(2)16(3)7-5-4-6-14-12(18)9-15-11(17)8-13/h10H,4-9,13H2,1-3H3,(H,14,18)(H,15,17). The van der Waals surface area contributed by atoms with Crippen LogP contribution in [0.4, 0.5) is 0 Å². The molecule has 106 valence electrons. The molecule has 0 aliphatic carbocycles. The molecule has 0 aromatic heterocycles. The van der Waals surface area contributed by atoms with Gasteiger partial charge in [0.15, 0.2) is 0 Å². The molecule has 18 heavy (non-hydrogen) atoms. The number of carbonyl (C=O) groups excluding carboxylic acids is 2. The van der Waals surface area contributed by atoms with E-state index in [1.807, 2.05) is 0 Å². The minimum atomic E-state index is -0.316. The van der Waals surface area contributed by atoms with Crippen LogP contribution >= 0.6 is 0 Å². The molecule has 0 rings (SSSR count). The van der Waals surface area contributed by atoms with Crippen LogP contribution in [0, 0.1) is 0 Å². The van der Waals surface area contributed by atoms with E-state index >= 15 is 0 Å². The first kappa shape index (κ1) is 16.9. The van der Waals surface area contributed by atoms with Gasteiger partial charge in [-0.1, -0.05) is 0 Å². The maximum Gasteiger partial charge on any atom is 0.239 e. The lowest BCUT2D eigenvalue weighted by atomic mass is 10.2. The van der Waals surface area contributed by atoms with E-state index in [-0.39, 0.29) is 24.9 Å². The smallest absolute Gasteiger partial charge is 0.239 e. The third kappa shape index (κ3) is 8.95. The summed E-state index contributed by atoms with van der Waals surface area (Å²) < 4.78 is 0. The monoisotopic (exact) mass is 258 g/mol. The maximum absolute atomic E-state index is 11.3. The van der Waals surface area contributed by atoms with Gasteiger partial charge in [0.1, 0.15) is 0 Å². The van der Waals surface area contributed by atoms with Crippen LogP contribution in [-0.2, 0) is 9.59 Å². The van der Waals surface area contributed by atoms with Crippen molar-refractivity contribution in [3.8, 4) is 0 Å². The van der Waals surface area contributed by atoms with Gasteiger partial charge in [-0.25, -0.2) is 0 Å². The van der Waals surface area contributed by atoms with Gasteiger partial charge in [0, 0.05) is 12.6 Å². The Labute approximate surface area is 109 Å². The summed E-state index contributed by atoms with van der Waals surface area (Å²) in [5, 5.41) is 5.17. The van der Waals surface area contributed by atoms with Gasteiger partial charge in [-0.05, 0) is 40.3 Å². The average molecular weight is 258 g/mol. The number of hydrogen-bond donors (Lipinski definition) is 3. The number of amides is 2. The van der Waals surface area contributed by atoms with E-state index in [1.54, 1.807) is 0 Å². The minimum absolute atomic E-state index is 0.00191. The summed E-state index contributed by atoms with van der Waals surface area (Å²) in [7, 11) is 2.09. The molecule has 4 N–H and O–H groups in total. The molecule has 0 atom stereocenters. The summed E-state index contributed by atoms with van der Waals surface area (Å²) in [4.78, 5) is 24.4. The zero-order valence-electron chi connectivity index (χ0n) is 11.7. The number of nitrogens with one attached hydrogen (secondary N) is 2. The Morgan fingerprint density at radius 3 is 2.39 bits per heavy atom. The van der Waals surface area contributed by atoms with Crippen molar-refractivity contribution in [3.63, 3.8) is 0 Å². The fourth-order valence-corrected chi connectivity index (χ4v) is 1.29. The van der Waals surface area contributed by atoms with Crippen LogP contribution in [0.5, 0.6) is 0 Å². The first-order valence-corrected chi connectivity index (χ1v) is 6.41. The summed E-state index contributed by atoms with van der Waals surface area (Å²) in [5.74, 6) is -0.488. The fourth-order valence-electron chi connectivity index (χ4n) is 1.29. The molecule has 0 aliphatic heterocycles. The second kappa shape index (κ2) is 9.85. The number of nitrogens with zero attached hydrogens (tertiary/aromatic N) is 1. The van der Waals surface area contributed by atoms with Crippen LogP contribution in [0.3, 0.4) is 0 Å². The molecule has 0 bridgehead atoms. The van der Waals surface area contributed by atoms with E-state index in [4.69, 9.17) is 5.73 Å². The predicted octanol–water partition coefficient (Wildman–Crippen LogP) is -0.702. The van der Waals surface area contributed by atoms with Crippen LogP contribution in [0.1, 0.15) is 26.7 Å². The second-order valence-corrected chi connectivity index (χ2v) is 4.61. The molecule has 6 nitrogen and oxygen atoms in total. The number of nitrogens with two attached hydrogens (primary N) is 1. The summed E-state index contributed by atoms with van der Waals surface area (Å²) in [6.07, 6.45) is 1.98. The molecule has 0 saturated carbocycles. The molecule has 6 heteroatoms. The highest BCUT2D eigenvalue weighted by molar-refractivity contribution is 5.85. The van der Waals surface area contributed by atoms with Gasteiger partial charge >= 0.3 is 0 Å². The van der Waals surface area contributed by atoms with E-state index in [0.29, 0.717) is 12.6 Å². The summed E-state index contributed by atoms with van der Waals surface area (Å²) in [6.45, 7) is 5.89. The van der Waals surface area contributed by atoms with Crippen LogP contribution in [0.25, 0.3) is 0 Å². The fraction of sp³-hybridized carbons (Fsp3) is 0.833. The SMILES string of the molecule is CC(C)N(C)CCCCNC(=O)CNC(=O)CN. The van der Waals surface area contributed by atoms with Gasteiger partial charge in [-0.2, -0.15) is 0 Å². The number of hydrogen-bond acceptors (Lipinski definition) is 4. The van der Waals surface area contributed by atoms with E-state index in [1.165, 1.54) is 0 Å². The molecule has 0 spiro atoms. The highest BCUT2D eigenvalue weighted by atomic mass is 16.2. The topological polar surface area (TPSA) is 87.5 Å². The Hall–Kier alpha value is -1.14. The molecule has 0 fully saturated rings. The molecule has 2 amide bonds. The Morgan fingerprint density at radius 2 is 1.83 bits per heavy atom. The van der Waals surface area contributed by atoms with Crippen molar-refractivity contribution in [1.82, 2.24) is 15.5 Å². The largest absolute Gasteiger partial charge is 0.355 e. The maximum atomic E-state index is 11.3. The van der Waals surface area contributed by atoms with Crippen molar-refractivity contribution in [2.45, 2.75) is 32.7 Å². The number of rotatable bonds is 9. The Kier molecular flexibility index (Phi) is 9.22. The van der Waals surface area contributed by atoms with Gasteiger partial charge in [-0.3, -0.25) is 9.59 Å². The minimum Gasteiger partial charge on any atom is -0.355 e. The average Bonchev–Trinajstić information content (AvgIpc) is 2.34. The lowest BCUT2D eigenvalue weighted by Gasteiger charge is -2.20. The number of carbonyl (C=O) groups is 2. The highest BCUT2D eigenvalue weighted by Crippen LogP contribution is 1.97. The summed E-state index contributed by atoms with van der Waals surface area (Å²) in [5.41, 5.74) is 5.10. The van der Waals surface area contributed by atoms with Crippen molar-refractivity contribution < 1.29 is 9.59 Å². The van der Waals surface area contributed by atoms with E-state index < -0.39 is 0 Å². The van der Waals surface area contributed by atoms with Crippen molar-refractivity contribution in [1.29, 1.82) is 0 Å². The third-order valence-electron chi connectivity index (χ3n) is 2.77. The third-order valence-corrected chi connectivity index (χ3v) is 2.77. The Balaban J connectivity index is 3.43. The van der Waals surface area contributed by atoms with Gasteiger partial charge in [-0.15, -0.1) is 0 Å². The molecule has 0 unspecified atom stereocenters. The van der Waals surface area contributed by atoms with Gasteiger partial charge in [0.05, 0.1) is 13.1 Å². The van der Waals surface area contributed by atoms with E-state index in [0.717, 1.165) is 19.4 Å². The zero-order chi connectivity index (χ0) is 14.0. The first-order valence-electron chi connectivity index (χ1n) is 6.41. The molecule has 0 radical (unpaired) electrons. The first-order chi connectivity index (χ1) is 8.47. The lowest BCUT2D eigenvalue weighted by molar-refractivity contribution is -0.125. The second-order valence-electron chi connectivity index (χ2n) is 4.61. The van der Waals surface area contributed by atoms with E-state index in [2.05, 4.69) is 36.4 Å². The quantitative estimate of drug-likeness (QED) is 0.477. The number of unbranched alkanes of at least 4 members (excludes halogenated alkanes) is 1. The van der Waals surface area contributed by atoms with Crippen LogP contribution in [0.15, 0.2) is 0 Å². The predicted molar refractivity (Wildman–Crippen MR) is 72.1 cm³/mol. The van der Waals surface area contributed by atoms with Gasteiger partial charge in [0.2, 0.25) is 11.8 Å². The molecular weight excluding hydrogens is 232 g/mol. The lowest BCUT2D eigenvalue weighted by Crippen LogP contribution is -2.39. The van der Waals surface area contributed by atoms with Crippen LogP contribution in [-0.4, -0.2) is 56.0 Å². The molecule has 0 aromatic rings. The van der Waals surface area contributed by atoms with Crippen molar-refractivity contribution in [2.75, 3.05) is 33.2 Å². The van der Waals surface area contributed by atoms with Crippen molar-refractivity contribution >= 4 is 11.8 Å². The molecule has 0 aromatic carbocycles. The van der Waals surface area contributed by atoms with E-state index in [9.17, 15) is 9.59 Å². The normalized spacial score (nSPS) is 10.8. The van der Waals surface area contributed by atoms with Crippen molar-refractivity contribution in [2.24, 2.45) is 5.73 Å².